The van der Waals surface area contributed by atoms with Gasteiger partial charge in [-0.15, -0.1) is 0 Å². The number of carboxylic acid groups (broad SMARTS) is 1. The number of carboxylic acids is 1. The summed E-state index contributed by atoms with van der Waals surface area (Å²) >= 11 is 6.31. The lowest BCUT2D eigenvalue weighted by atomic mass is 10.1. The van der Waals surface area contributed by atoms with Crippen LogP contribution < -0.4 is 21.7 Å². The van der Waals surface area contributed by atoms with Crippen molar-refractivity contribution in [3.63, 3.8) is 0 Å². The van der Waals surface area contributed by atoms with Gasteiger partial charge in [-0.05, 0) is 44.0 Å². The molecule has 9 nitrogen and oxygen atoms in total. The first-order chi connectivity index (χ1) is 16.2. The Morgan fingerprint density at radius 3 is 2.53 bits per heavy atom. The Hall–Kier alpha value is -3.59. The van der Waals surface area contributed by atoms with E-state index in [1.807, 2.05) is 38.1 Å². The Labute approximate surface area is 200 Å². The number of carbonyl (C=O) groups is 1. The van der Waals surface area contributed by atoms with E-state index in [2.05, 4.69) is 9.98 Å². The lowest BCUT2D eigenvalue weighted by Gasteiger charge is -2.15. The third-order valence-corrected chi connectivity index (χ3v) is 5.41. The molecular formula is C24H27ClN4O5. The molecule has 34 heavy (non-hydrogen) atoms. The molecule has 2 aromatic carbocycles. The van der Waals surface area contributed by atoms with Gasteiger partial charge in [-0.2, -0.15) is 0 Å². The number of aromatic nitrogens is 3. The number of halogens is 1. The normalized spacial score (nSPS) is 12.5. The number of ether oxygens (including phenoxy) is 1. The van der Waals surface area contributed by atoms with Crippen LogP contribution in [0.2, 0.25) is 5.02 Å². The minimum absolute atomic E-state index is 0.0210. The highest BCUT2D eigenvalue weighted by molar-refractivity contribution is 6.32. The first kappa shape index (κ1) is 25.0. The van der Waals surface area contributed by atoms with Crippen molar-refractivity contribution in [2.75, 3.05) is 6.61 Å². The van der Waals surface area contributed by atoms with E-state index in [4.69, 9.17) is 21.4 Å². The smallest absolute Gasteiger partial charge is 0.335 e. The van der Waals surface area contributed by atoms with Gasteiger partial charge < -0.3 is 9.84 Å². The number of nitrogens with zero attached hydrogens (tertiary/aromatic N) is 3. The van der Waals surface area contributed by atoms with E-state index >= 15 is 0 Å². The molecule has 180 valence electrons. The Morgan fingerprint density at radius 2 is 1.91 bits per heavy atom. The lowest BCUT2D eigenvalue weighted by Crippen LogP contribution is -2.51. The first-order valence-corrected chi connectivity index (χ1v) is 11.3. The highest BCUT2D eigenvalue weighted by Gasteiger charge is 2.17. The molecule has 0 saturated heterocycles. The van der Waals surface area contributed by atoms with Crippen molar-refractivity contribution in [1.29, 1.82) is 0 Å². The van der Waals surface area contributed by atoms with Gasteiger partial charge >= 0.3 is 17.3 Å². The number of aromatic amines is 1. The highest BCUT2D eigenvalue weighted by Crippen LogP contribution is 2.28. The molecule has 1 aromatic heterocycles. The average Bonchev–Trinajstić information content (AvgIpc) is 2.76. The zero-order chi connectivity index (χ0) is 24.8. The summed E-state index contributed by atoms with van der Waals surface area (Å²) < 4.78 is 7.78. The second kappa shape index (κ2) is 11.0. The second-order valence-corrected chi connectivity index (χ2v) is 8.41. The third-order valence-electron chi connectivity index (χ3n) is 5.11. The number of aryl methyl sites for hydroxylation is 1. The maximum atomic E-state index is 13.3. The molecule has 0 bridgehead atoms. The van der Waals surface area contributed by atoms with Crippen LogP contribution in [0.1, 0.15) is 43.9 Å². The van der Waals surface area contributed by atoms with Gasteiger partial charge in [0.25, 0.3) is 0 Å². The van der Waals surface area contributed by atoms with Crippen molar-refractivity contribution in [2.45, 2.75) is 46.2 Å². The Balaban J connectivity index is 2.16. The second-order valence-electron chi connectivity index (χ2n) is 8.00. The molecule has 0 aliphatic carbocycles. The number of aliphatic carboxylic acids is 1. The topological polar surface area (TPSA) is 119 Å². The monoisotopic (exact) mass is 486 g/mol. The van der Waals surface area contributed by atoms with Crippen LogP contribution in [0.3, 0.4) is 0 Å². The quantitative estimate of drug-likeness (QED) is 0.480. The van der Waals surface area contributed by atoms with Gasteiger partial charge in [0, 0.05) is 0 Å². The average molecular weight is 487 g/mol. The van der Waals surface area contributed by atoms with Gasteiger partial charge in [0.2, 0.25) is 5.62 Å². The highest BCUT2D eigenvalue weighted by atomic mass is 35.5. The van der Waals surface area contributed by atoms with Crippen LogP contribution in [0, 0.1) is 6.92 Å². The summed E-state index contributed by atoms with van der Waals surface area (Å²) in [5.41, 5.74) is 0.908. The van der Waals surface area contributed by atoms with Gasteiger partial charge in [-0.3, -0.25) is 14.3 Å². The fourth-order valence-electron chi connectivity index (χ4n) is 3.38. The molecule has 0 radical (unpaired) electrons. The van der Waals surface area contributed by atoms with Crippen molar-refractivity contribution in [2.24, 2.45) is 4.99 Å². The molecule has 0 spiro atoms. The van der Waals surface area contributed by atoms with E-state index in [1.165, 1.54) is 11.5 Å². The number of nitrogens with one attached hydrogen (secondary N) is 1. The minimum Gasteiger partial charge on any atom is -0.492 e. The molecule has 1 heterocycles. The molecule has 0 fully saturated rings. The Kier molecular flexibility index (Phi) is 8.12. The van der Waals surface area contributed by atoms with Gasteiger partial charge in [0.15, 0.2) is 0 Å². The zero-order valence-corrected chi connectivity index (χ0v) is 20.0. The van der Waals surface area contributed by atoms with E-state index < -0.39 is 23.4 Å². The summed E-state index contributed by atoms with van der Waals surface area (Å²) in [6, 6.07) is 11.7. The molecular weight excluding hydrogens is 460 g/mol. The lowest BCUT2D eigenvalue weighted by molar-refractivity contribution is -0.137. The summed E-state index contributed by atoms with van der Waals surface area (Å²) in [7, 11) is 0. The van der Waals surface area contributed by atoms with Crippen LogP contribution in [0.4, 0.5) is 5.69 Å². The maximum absolute atomic E-state index is 13.3. The Morgan fingerprint density at radius 1 is 1.21 bits per heavy atom. The summed E-state index contributed by atoms with van der Waals surface area (Å²) in [6.45, 7) is 6.09. The van der Waals surface area contributed by atoms with Crippen molar-refractivity contribution < 1.29 is 14.6 Å². The van der Waals surface area contributed by atoms with E-state index in [0.717, 1.165) is 22.1 Å². The van der Waals surface area contributed by atoms with Crippen molar-refractivity contribution in [3.05, 3.63) is 85.2 Å². The van der Waals surface area contributed by atoms with Gasteiger partial charge in [-0.1, -0.05) is 48.4 Å². The van der Waals surface area contributed by atoms with Gasteiger partial charge in [-0.25, -0.2) is 19.1 Å². The molecule has 0 amide bonds. The molecule has 0 aliphatic rings. The van der Waals surface area contributed by atoms with E-state index in [9.17, 15) is 14.4 Å². The third kappa shape index (κ3) is 6.05. The van der Waals surface area contributed by atoms with Crippen LogP contribution in [0.5, 0.6) is 5.75 Å². The molecule has 1 atom stereocenters. The molecule has 0 aliphatic heterocycles. The molecule has 3 aromatic rings. The van der Waals surface area contributed by atoms with E-state index in [-0.39, 0.29) is 18.6 Å². The predicted octanol–water partition coefficient (Wildman–Crippen LogP) is 3.41. The van der Waals surface area contributed by atoms with Gasteiger partial charge in [0.05, 0.1) is 36.3 Å². The summed E-state index contributed by atoms with van der Waals surface area (Å²) in [5.74, 6) is -0.598. The van der Waals surface area contributed by atoms with Crippen LogP contribution >= 0.6 is 11.6 Å². The first-order valence-electron chi connectivity index (χ1n) is 10.9. The number of benzene rings is 2. The summed E-state index contributed by atoms with van der Waals surface area (Å²) in [6.07, 6.45) is 0.456. The number of rotatable bonds is 9. The fourth-order valence-corrected chi connectivity index (χ4v) is 3.61. The van der Waals surface area contributed by atoms with E-state index in [1.54, 1.807) is 18.2 Å². The number of hydrogen-bond acceptors (Lipinski definition) is 5. The predicted molar refractivity (Wildman–Crippen MR) is 129 cm³/mol. The molecule has 10 heteroatoms. The number of hydrogen-bond donors (Lipinski definition) is 2. The summed E-state index contributed by atoms with van der Waals surface area (Å²) in [5, 5.41) is 9.49. The molecule has 0 unspecified atom stereocenters. The molecule has 2 N–H and O–H groups in total. The van der Waals surface area contributed by atoms with Crippen LogP contribution in [0.15, 0.2) is 57.0 Å². The number of H-pyrrole nitrogens is 1. The maximum Gasteiger partial charge on any atom is 0.335 e. The van der Waals surface area contributed by atoms with Crippen molar-refractivity contribution in [1.82, 2.24) is 14.1 Å². The summed E-state index contributed by atoms with van der Waals surface area (Å²) in [4.78, 5) is 44.4. The fraction of sp³-hybridized carbons (Fsp3) is 0.333. The van der Waals surface area contributed by atoms with Crippen LogP contribution in [0.25, 0.3) is 0 Å². The molecule has 0 saturated carbocycles. The largest absolute Gasteiger partial charge is 0.492 e. The minimum atomic E-state index is -1.11. The van der Waals surface area contributed by atoms with Crippen LogP contribution in [-0.2, 0) is 11.3 Å². The molecule has 3 rings (SSSR count). The standard InChI is InChI=1S/C24H27ClN4O5/c1-4-11-34-20-10-9-18(13-19(20)25)26-22-27-23(32)29(16(3)12-21(30)31)24(33)28(22)14-17-7-5-15(2)6-8-17/h5-10,13,16H,4,11-12,14H2,1-3H3,(H,30,31)(H,26,27,32)/t16-/m1/s1. The van der Waals surface area contributed by atoms with E-state index in [0.29, 0.717) is 23.1 Å². The van der Waals surface area contributed by atoms with Crippen LogP contribution in [-0.4, -0.2) is 31.8 Å². The zero-order valence-electron chi connectivity index (χ0n) is 19.2. The SMILES string of the molecule is CCCOc1ccc(/N=c2\[nH]c(=O)n([C@H](C)CC(=O)O)c(=O)n2Cc2ccc(C)cc2)cc1Cl. The Bertz CT molecular complexity index is 1360. The van der Waals surface area contributed by atoms with Gasteiger partial charge in [0.1, 0.15) is 5.75 Å². The van der Waals surface area contributed by atoms with Crippen molar-refractivity contribution in [3.8, 4) is 5.75 Å². The van der Waals surface area contributed by atoms with Crippen molar-refractivity contribution >= 4 is 23.3 Å².